The number of amides is 1. The third-order valence-electron chi connectivity index (χ3n) is 3.44. The van der Waals surface area contributed by atoms with Gasteiger partial charge >= 0.3 is 0 Å². The summed E-state index contributed by atoms with van der Waals surface area (Å²) in [5.41, 5.74) is 2.27. The fourth-order valence-electron chi connectivity index (χ4n) is 2.37. The lowest BCUT2D eigenvalue weighted by Crippen LogP contribution is -2.30. The van der Waals surface area contributed by atoms with Crippen LogP contribution in [0.5, 0.6) is 0 Å². The molecule has 110 valence electrons. The molecule has 0 aliphatic carbocycles. The summed E-state index contributed by atoms with van der Waals surface area (Å²) in [4.78, 5) is 18.7. The zero-order valence-electron chi connectivity index (χ0n) is 12.3. The number of anilines is 1. The summed E-state index contributed by atoms with van der Waals surface area (Å²) in [6, 6.07) is 19.1. The first kappa shape index (κ1) is 14.1. The maximum atomic E-state index is 12.8. The van der Waals surface area contributed by atoms with Gasteiger partial charge in [-0.05, 0) is 19.1 Å². The van der Waals surface area contributed by atoms with Crippen molar-refractivity contribution in [3.63, 3.8) is 0 Å². The normalized spacial score (nSPS) is 10.4. The molecule has 0 bridgehead atoms. The summed E-state index contributed by atoms with van der Waals surface area (Å²) in [6.07, 6.45) is 1.31. The van der Waals surface area contributed by atoms with E-state index >= 15 is 0 Å². The number of nitrogens with zero attached hydrogens (tertiary/aromatic N) is 2. The predicted octanol–water partition coefficient (Wildman–Crippen LogP) is 4.01. The van der Waals surface area contributed by atoms with E-state index in [1.165, 1.54) is 6.39 Å². The van der Waals surface area contributed by atoms with Crippen LogP contribution in [0.1, 0.15) is 17.5 Å². The van der Waals surface area contributed by atoms with Crippen molar-refractivity contribution in [2.75, 3.05) is 11.4 Å². The van der Waals surface area contributed by atoms with Gasteiger partial charge in [0.25, 0.3) is 5.91 Å². The molecule has 2 aromatic carbocycles. The van der Waals surface area contributed by atoms with Crippen molar-refractivity contribution in [1.29, 1.82) is 0 Å². The maximum Gasteiger partial charge on any atom is 0.296 e. The van der Waals surface area contributed by atoms with Gasteiger partial charge in [-0.25, -0.2) is 4.98 Å². The van der Waals surface area contributed by atoms with Crippen LogP contribution in [0.25, 0.3) is 11.3 Å². The van der Waals surface area contributed by atoms with Crippen molar-refractivity contribution in [3.05, 3.63) is 72.8 Å². The molecular weight excluding hydrogens is 276 g/mol. The van der Waals surface area contributed by atoms with E-state index in [1.54, 1.807) is 4.90 Å². The number of hydrogen-bond donors (Lipinski definition) is 0. The fraction of sp³-hybridized carbons (Fsp3) is 0.111. The van der Waals surface area contributed by atoms with Crippen molar-refractivity contribution in [3.8, 4) is 11.3 Å². The van der Waals surface area contributed by atoms with E-state index < -0.39 is 0 Å². The molecule has 3 rings (SSSR count). The molecule has 0 unspecified atom stereocenters. The highest BCUT2D eigenvalue weighted by molar-refractivity contribution is 6.07. The molecule has 0 radical (unpaired) electrons. The second-order valence-electron chi connectivity index (χ2n) is 4.78. The van der Waals surface area contributed by atoms with Gasteiger partial charge in [0.2, 0.25) is 5.76 Å². The summed E-state index contributed by atoms with van der Waals surface area (Å²) >= 11 is 0. The molecule has 4 heteroatoms. The van der Waals surface area contributed by atoms with E-state index in [9.17, 15) is 4.79 Å². The topological polar surface area (TPSA) is 46.3 Å². The molecule has 0 N–H and O–H groups in total. The second-order valence-corrected chi connectivity index (χ2v) is 4.78. The Morgan fingerprint density at radius 3 is 2.32 bits per heavy atom. The summed E-state index contributed by atoms with van der Waals surface area (Å²) in [7, 11) is 0. The Bertz CT molecular complexity index is 751. The van der Waals surface area contributed by atoms with E-state index in [2.05, 4.69) is 4.98 Å². The Balaban J connectivity index is 1.98. The summed E-state index contributed by atoms with van der Waals surface area (Å²) in [6.45, 7) is 2.49. The minimum absolute atomic E-state index is 0.190. The highest BCUT2D eigenvalue weighted by Gasteiger charge is 2.24. The quantitative estimate of drug-likeness (QED) is 0.730. The summed E-state index contributed by atoms with van der Waals surface area (Å²) in [5, 5.41) is 0. The van der Waals surface area contributed by atoms with Crippen LogP contribution in [0.3, 0.4) is 0 Å². The van der Waals surface area contributed by atoms with Crippen molar-refractivity contribution >= 4 is 11.6 Å². The zero-order valence-corrected chi connectivity index (χ0v) is 12.3. The zero-order chi connectivity index (χ0) is 15.4. The molecule has 0 spiro atoms. The molecule has 1 aromatic heterocycles. The SMILES string of the molecule is CCN(C(=O)c1ocnc1-c1ccccc1)c1ccccc1. The molecule has 0 saturated heterocycles. The van der Waals surface area contributed by atoms with Gasteiger partial charge in [-0.2, -0.15) is 0 Å². The van der Waals surface area contributed by atoms with Gasteiger partial charge < -0.3 is 9.32 Å². The standard InChI is InChI=1S/C18H16N2O2/c1-2-20(15-11-7-4-8-12-15)18(21)17-16(19-13-22-17)14-9-5-3-6-10-14/h3-13H,2H2,1H3. The van der Waals surface area contributed by atoms with Crippen molar-refractivity contribution in [1.82, 2.24) is 4.98 Å². The minimum atomic E-state index is -0.190. The highest BCUT2D eigenvalue weighted by atomic mass is 16.3. The maximum absolute atomic E-state index is 12.8. The van der Waals surface area contributed by atoms with E-state index in [4.69, 9.17) is 4.42 Å². The number of oxazole rings is 1. The monoisotopic (exact) mass is 292 g/mol. The van der Waals surface area contributed by atoms with Crippen molar-refractivity contribution < 1.29 is 9.21 Å². The van der Waals surface area contributed by atoms with Crippen LogP contribution in [0, 0.1) is 0 Å². The van der Waals surface area contributed by atoms with Gasteiger partial charge in [0.1, 0.15) is 5.69 Å². The number of para-hydroxylation sites is 1. The summed E-state index contributed by atoms with van der Waals surface area (Å²) in [5.74, 6) is 0.0713. The molecule has 1 amide bonds. The molecule has 0 aliphatic rings. The fourth-order valence-corrected chi connectivity index (χ4v) is 2.37. The first-order valence-corrected chi connectivity index (χ1v) is 7.17. The van der Waals surface area contributed by atoms with Crippen LogP contribution < -0.4 is 4.90 Å². The van der Waals surface area contributed by atoms with E-state index in [-0.39, 0.29) is 11.7 Å². The van der Waals surface area contributed by atoms with Crippen LogP contribution in [0.15, 0.2) is 71.5 Å². The van der Waals surface area contributed by atoms with E-state index in [1.807, 2.05) is 67.6 Å². The van der Waals surface area contributed by atoms with Gasteiger partial charge in [0.15, 0.2) is 6.39 Å². The van der Waals surface area contributed by atoms with Crippen LogP contribution in [0.4, 0.5) is 5.69 Å². The number of carbonyl (C=O) groups is 1. The Kier molecular flexibility index (Phi) is 4.01. The van der Waals surface area contributed by atoms with Gasteiger partial charge in [0.05, 0.1) is 0 Å². The minimum Gasteiger partial charge on any atom is -0.438 e. The lowest BCUT2D eigenvalue weighted by atomic mass is 10.1. The molecule has 1 heterocycles. The third-order valence-corrected chi connectivity index (χ3v) is 3.44. The lowest BCUT2D eigenvalue weighted by Gasteiger charge is -2.20. The number of benzene rings is 2. The lowest BCUT2D eigenvalue weighted by molar-refractivity contribution is 0.0962. The predicted molar refractivity (Wildman–Crippen MR) is 85.7 cm³/mol. The van der Waals surface area contributed by atoms with E-state index in [0.29, 0.717) is 12.2 Å². The first-order chi connectivity index (χ1) is 10.8. The molecule has 22 heavy (non-hydrogen) atoms. The highest BCUT2D eigenvalue weighted by Crippen LogP contribution is 2.25. The van der Waals surface area contributed by atoms with Crippen LogP contribution in [0.2, 0.25) is 0 Å². The molecule has 3 aromatic rings. The van der Waals surface area contributed by atoms with Crippen LogP contribution in [-0.2, 0) is 0 Å². The van der Waals surface area contributed by atoms with Gasteiger partial charge in [-0.3, -0.25) is 4.79 Å². The first-order valence-electron chi connectivity index (χ1n) is 7.17. The Morgan fingerprint density at radius 2 is 1.68 bits per heavy atom. The average Bonchev–Trinajstić information content (AvgIpc) is 3.07. The smallest absolute Gasteiger partial charge is 0.296 e. The van der Waals surface area contributed by atoms with Gasteiger partial charge in [0, 0.05) is 17.8 Å². The number of rotatable bonds is 4. The molecular formula is C18H16N2O2. The van der Waals surface area contributed by atoms with Crippen LogP contribution >= 0.6 is 0 Å². The largest absolute Gasteiger partial charge is 0.438 e. The van der Waals surface area contributed by atoms with Crippen molar-refractivity contribution in [2.24, 2.45) is 0 Å². The molecule has 0 saturated carbocycles. The Morgan fingerprint density at radius 1 is 1.05 bits per heavy atom. The molecule has 0 fully saturated rings. The van der Waals surface area contributed by atoms with E-state index in [0.717, 1.165) is 11.3 Å². The number of aromatic nitrogens is 1. The Hall–Kier alpha value is -2.88. The van der Waals surface area contributed by atoms with Crippen LogP contribution in [-0.4, -0.2) is 17.4 Å². The third kappa shape index (κ3) is 2.63. The van der Waals surface area contributed by atoms with Crippen molar-refractivity contribution in [2.45, 2.75) is 6.92 Å². The molecule has 0 aliphatic heterocycles. The van der Waals surface area contributed by atoms with Gasteiger partial charge in [-0.1, -0.05) is 48.5 Å². The Labute approximate surface area is 129 Å². The number of carbonyl (C=O) groups excluding carboxylic acids is 1. The molecule has 4 nitrogen and oxygen atoms in total. The number of hydrogen-bond acceptors (Lipinski definition) is 3. The second kappa shape index (κ2) is 6.26. The molecule has 0 atom stereocenters. The average molecular weight is 292 g/mol. The van der Waals surface area contributed by atoms with Gasteiger partial charge in [-0.15, -0.1) is 0 Å². The summed E-state index contributed by atoms with van der Waals surface area (Å²) < 4.78 is 5.38.